The molecule has 0 atom stereocenters. The third kappa shape index (κ3) is 3.89. The van der Waals surface area contributed by atoms with E-state index in [9.17, 15) is 18.0 Å². The lowest BCUT2D eigenvalue weighted by Crippen LogP contribution is -2.18. The summed E-state index contributed by atoms with van der Waals surface area (Å²) < 4.78 is 39.9. The van der Waals surface area contributed by atoms with Crippen LogP contribution in [-0.2, 0) is 12.7 Å². The number of halogens is 3. The third-order valence-electron chi connectivity index (χ3n) is 3.65. The van der Waals surface area contributed by atoms with E-state index in [2.05, 4.69) is 10.1 Å². The summed E-state index contributed by atoms with van der Waals surface area (Å²) >= 11 is 0. The maximum Gasteiger partial charge on any atom is 0.416 e. The predicted octanol–water partition coefficient (Wildman–Crippen LogP) is 3.13. The lowest BCUT2D eigenvalue weighted by Gasteiger charge is -2.07. The molecule has 0 bridgehead atoms. The van der Waals surface area contributed by atoms with Gasteiger partial charge < -0.3 is 0 Å². The van der Waals surface area contributed by atoms with Gasteiger partial charge in [-0.15, -0.1) is 0 Å². The van der Waals surface area contributed by atoms with E-state index in [1.165, 1.54) is 35.3 Å². The first-order valence-corrected chi connectivity index (χ1v) is 7.47. The van der Waals surface area contributed by atoms with Gasteiger partial charge in [0, 0.05) is 11.1 Å². The smallest absolute Gasteiger partial charge is 0.288 e. The van der Waals surface area contributed by atoms with Crippen LogP contribution in [0.2, 0.25) is 0 Å². The monoisotopic (exact) mass is 362 g/mol. The zero-order valence-corrected chi connectivity index (χ0v) is 13.2. The summed E-state index contributed by atoms with van der Waals surface area (Å²) in [7, 11) is 0. The highest BCUT2D eigenvalue weighted by Gasteiger charge is 2.30. The summed E-state index contributed by atoms with van der Waals surface area (Å²) in [5.41, 5.74) is 2.15. The van der Waals surface area contributed by atoms with Crippen molar-refractivity contribution in [3.8, 4) is 11.4 Å². The molecule has 3 aromatic rings. The zero-order valence-electron chi connectivity index (χ0n) is 13.2. The van der Waals surface area contributed by atoms with Crippen molar-refractivity contribution in [2.75, 3.05) is 0 Å². The molecule has 0 unspecified atom stereocenters. The van der Waals surface area contributed by atoms with E-state index < -0.39 is 17.6 Å². The highest BCUT2D eigenvalue weighted by atomic mass is 19.4. The van der Waals surface area contributed by atoms with Crippen molar-refractivity contribution in [1.82, 2.24) is 20.2 Å². The number of carbonyl (C=O) groups excluding carboxylic acids is 1. The Morgan fingerprint density at radius 3 is 2.54 bits per heavy atom. The SMILES string of the molecule is O=C(NO)c1ccc(Cn2cnc(-c3cccc(C(F)(F)F)c3)n2)cc1. The minimum atomic E-state index is -4.43. The Labute approximate surface area is 145 Å². The van der Waals surface area contributed by atoms with Crippen LogP contribution in [0.4, 0.5) is 13.2 Å². The topological polar surface area (TPSA) is 80.0 Å². The maximum absolute atomic E-state index is 12.8. The van der Waals surface area contributed by atoms with Crippen molar-refractivity contribution in [1.29, 1.82) is 0 Å². The average molecular weight is 362 g/mol. The van der Waals surface area contributed by atoms with E-state index in [4.69, 9.17) is 5.21 Å². The third-order valence-corrected chi connectivity index (χ3v) is 3.65. The maximum atomic E-state index is 12.8. The summed E-state index contributed by atoms with van der Waals surface area (Å²) in [6, 6.07) is 11.2. The molecule has 0 fully saturated rings. The number of hydroxylamine groups is 1. The van der Waals surface area contributed by atoms with E-state index in [0.29, 0.717) is 12.1 Å². The second kappa shape index (κ2) is 6.96. The summed E-state index contributed by atoms with van der Waals surface area (Å²) in [4.78, 5) is 15.3. The van der Waals surface area contributed by atoms with Gasteiger partial charge in [-0.1, -0.05) is 24.3 Å². The molecule has 0 saturated heterocycles. The Morgan fingerprint density at radius 1 is 1.15 bits per heavy atom. The Bertz CT molecular complexity index is 920. The highest BCUT2D eigenvalue weighted by molar-refractivity contribution is 5.93. The Morgan fingerprint density at radius 2 is 1.88 bits per heavy atom. The molecule has 2 N–H and O–H groups in total. The standard InChI is InChI=1S/C17H13F3N4O2/c18-17(19,20)14-3-1-2-13(8-14)15-21-10-24(22-15)9-11-4-6-12(7-5-11)16(25)23-26/h1-8,10,26H,9H2,(H,23,25). The molecule has 0 spiro atoms. The number of hydrogen-bond donors (Lipinski definition) is 2. The van der Waals surface area contributed by atoms with Gasteiger partial charge in [0.15, 0.2) is 5.82 Å². The molecule has 1 heterocycles. The minimum Gasteiger partial charge on any atom is -0.288 e. The van der Waals surface area contributed by atoms with E-state index >= 15 is 0 Å². The van der Waals surface area contributed by atoms with Crippen molar-refractivity contribution in [3.63, 3.8) is 0 Å². The largest absolute Gasteiger partial charge is 0.416 e. The van der Waals surface area contributed by atoms with Crippen molar-refractivity contribution < 1.29 is 23.2 Å². The molecular formula is C17H13F3N4O2. The molecule has 1 amide bonds. The van der Waals surface area contributed by atoms with Crippen LogP contribution >= 0.6 is 0 Å². The van der Waals surface area contributed by atoms with Crippen molar-refractivity contribution >= 4 is 5.91 Å². The summed E-state index contributed by atoms with van der Waals surface area (Å²) in [6.07, 6.45) is -3.01. The van der Waals surface area contributed by atoms with Gasteiger partial charge >= 0.3 is 6.18 Å². The summed E-state index contributed by atoms with van der Waals surface area (Å²) in [5.74, 6) is -0.434. The van der Waals surface area contributed by atoms with Gasteiger partial charge in [0.2, 0.25) is 0 Å². The molecule has 0 aliphatic carbocycles. The number of amides is 1. The Hall–Kier alpha value is -3.20. The highest BCUT2D eigenvalue weighted by Crippen LogP contribution is 2.31. The fraction of sp³-hybridized carbons (Fsp3) is 0.118. The summed E-state index contributed by atoms with van der Waals surface area (Å²) in [6.45, 7) is 0.326. The molecule has 0 aliphatic heterocycles. The molecule has 26 heavy (non-hydrogen) atoms. The lowest BCUT2D eigenvalue weighted by molar-refractivity contribution is -0.137. The number of carbonyl (C=O) groups is 1. The van der Waals surface area contributed by atoms with E-state index in [0.717, 1.165) is 17.7 Å². The van der Waals surface area contributed by atoms with Gasteiger partial charge in [-0.25, -0.2) is 15.1 Å². The fourth-order valence-electron chi connectivity index (χ4n) is 2.35. The van der Waals surface area contributed by atoms with Gasteiger partial charge in [0.1, 0.15) is 6.33 Å². The fourth-order valence-corrected chi connectivity index (χ4v) is 2.35. The second-order valence-electron chi connectivity index (χ2n) is 5.48. The van der Waals surface area contributed by atoms with Crippen LogP contribution in [0.25, 0.3) is 11.4 Å². The van der Waals surface area contributed by atoms with Crippen LogP contribution in [0.1, 0.15) is 21.5 Å². The van der Waals surface area contributed by atoms with Crippen LogP contribution < -0.4 is 5.48 Å². The van der Waals surface area contributed by atoms with Gasteiger partial charge in [0.05, 0.1) is 12.1 Å². The van der Waals surface area contributed by atoms with Crippen LogP contribution in [0.5, 0.6) is 0 Å². The molecule has 0 aliphatic rings. The number of alkyl halides is 3. The van der Waals surface area contributed by atoms with E-state index in [-0.39, 0.29) is 11.4 Å². The van der Waals surface area contributed by atoms with E-state index in [1.54, 1.807) is 17.6 Å². The minimum absolute atomic E-state index is 0.187. The first kappa shape index (κ1) is 17.6. The molecule has 1 aromatic heterocycles. The molecule has 9 heteroatoms. The normalized spacial score (nSPS) is 11.4. The first-order chi connectivity index (χ1) is 12.4. The predicted molar refractivity (Wildman–Crippen MR) is 85.3 cm³/mol. The number of hydrogen-bond acceptors (Lipinski definition) is 4. The van der Waals surface area contributed by atoms with Crippen molar-refractivity contribution in [2.24, 2.45) is 0 Å². The average Bonchev–Trinajstić information content (AvgIpc) is 3.09. The van der Waals surface area contributed by atoms with E-state index in [1.807, 2.05) is 0 Å². The molecule has 134 valence electrons. The number of aromatic nitrogens is 3. The second-order valence-corrected chi connectivity index (χ2v) is 5.48. The van der Waals surface area contributed by atoms with Gasteiger partial charge in [-0.2, -0.15) is 18.3 Å². The number of nitrogens with zero attached hydrogens (tertiary/aromatic N) is 3. The molecule has 6 nitrogen and oxygen atoms in total. The zero-order chi connectivity index (χ0) is 18.7. The van der Waals surface area contributed by atoms with Gasteiger partial charge in [-0.3, -0.25) is 10.0 Å². The van der Waals surface area contributed by atoms with Crippen LogP contribution in [0, 0.1) is 0 Å². The van der Waals surface area contributed by atoms with Crippen molar-refractivity contribution in [2.45, 2.75) is 12.7 Å². The van der Waals surface area contributed by atoms with Crippen molar-refractivity contribution in [3.05, 3.63) is 71.5 Å². The van der Waals surface area contributed by atoms with Crippen LogP contribution in [0.3, 0.4) is 0 Å². The molecule has 0 radical (unpaired) electrons. The summed E-state index contributed by atoms with van der Waals surface area (Å²) in [5, 5.41) is 12.8. The van der Waals surface area contributed by atoms with Gasteiger partial charge in [0.25, 0.3) is 5.91 Å². The first-order valence-electron chi connectivity index (χ1n) is 7.47. The quantitative estimate of drug-likeness (QED) is 0.552. The van der Waals surface area contributed by atoms with Crippen LogP contribution in [-0.4, -0.2) is 25.9 Å². The number of rotatable bonds is 4. The lowest BCUT2D eigenvalue weighted by atomic mass is 10.1. The number of nitrogens with one attached hydrogen (secondary N) is 1. The Kier molecular flexibility index (Phi) is 4.72. The Balaban J connectivity index is 1.77. The van der Waals surface area contributed by atoms with Gasteiger partial charge in [-0.05, 0) is 29.8 Å². The number of benzene rings is 2. The molecule has 3 rings (SSSR count). The molecule has 2 aromatic carbocycles. The molecule has 0 saturated carbocycles. The molecular weight excluding hydrogens is 349 g/mol. The van der Waals surface area contributed by atoms with Crippen LogP contribution in [0.15, 0.2) is 54.9 Å².